The van der Waals surface area contributed by atoms with Crippen molar-refractivity contribution in [2.75, 3.05) is 32.8 Å². The third kappa shape index (κ3) is 10.6. The van der Waals surface area contributed by atoms with Crippen LogP contribution < -0.4 is 0 Å². The Hall–Kier alpha value is -1.00. The highest BCUT2D eigenvalue weighted by atomic mass is 28.2. The van der Waals surface area contributed by atoms with Gasteiger partial charge in [0.25, 0.3) is 5.95 Å². The van der Waals surface area contributed by atoms with Gasteiger partial charge in [-0.15, -0.1) is 13.2 Å². The zero-order valence-corrected chi connectivity index (χ0v) is 13.4. The van der Waals surface area contributed by atoms with E-state index in [1.807, 2.05) is 26.0 Å². The van der Waals surface area contributed by atoms with E-state index in [-0.39, 0.29) is 0 Å². The first kappa shape index (κ1) is 18.0. The Morgan fingerprint density at radius 2 is 1.68 bits per heavy atom. The Balaban J connectivity index is 3.83. The summed E-state index contributed by atoms with van der Waals surface area (Å²) in [6, 6.07) is 1.16. The van der Waals surface area contributed by atoms with E-state index in [9.17, 15) is 0 Å². The molecule has 0 N–H and O–H groups in total. The van der Waals surface area contributed by atoms with Crippen LogP contribution in [0.25, 0.3) is 0 Å². The molecule has 0 rings (SSSR count). The summed E-state index contributed by atoms with van der Waals surface area (Å²) in [4.78, 5) is 2.33. The van der Waals surface area contributed by atoms with Gasteiger partial charge in [0, 0.05) is 13.1 Å². The van der Waals surface area contributed by atoms with Crippen LogP contribution in [0.15, 0.2) is 37.0 Å². The van der Waals surface area contributed by atoms with Crippen molar-refractivity contribution in [1.29, 1.82) is 0 Å². The molecule has 2 radical (unpaired) electrons. The fraction of sp³-hybridized carbons (Fsp3) is 0.600. The predicted octanol–water partition coefficient (Wildman–Crippen LogP) is 3.04. The highest BCUT2D eigenvalue weighted by Gasteiger charge is 2.01. The van der Waals surface area contributed by atoms with Gasteiger partial charge >= 0.3 is 0 Å². The smallest absolute Gasteiger partial charge is 0.270 e. The van der Waals surface area contributed by atoms with Gasteiger partial charge in [-0.2, -0.15) is 0 Å². The third-order valence-corrected chi connectivity index (χ3v) is 3.45. The summed E-state index contributed by atoms with van der Waals surface area (Å²) >= 11 is 0. The van der Waals surface area contributed by atoms with E-state index < -0.39 is 0 Å². The van der Waals surface area contributed by atoms with E-state index in [1.165, 1.54) is 6.42 Å². The molecule has 0 aromatic rings. The van der Waals surface area contributed by atoms with Gasteiger partial charge in [-0.25, -0.2) is 0 Å². The van der Waals surface area contributed by atoms with Crippen LogP contribution in [0.3, 0.4) is 0 Å². The van der Waals surface area contributed by atoms with Crippen LogP contribution in [-0.2, 0) is 9.47 Å². The SMILES string of the molecule is C=CCN(CC=C)CCC[Si]C=C(OCC)OCC. The van der Waals surface area contributed by atoms with E-state index in [1.54, 1.807) is 0 Å². The Morgan fingerprint density at radius 3 is 2.16 bits per heavy atom. The molecule has 4 heteroatoms. The molecular weight excluding hydrogens is 254 g/mol. The van der Waals surface area contributed by atoms with Crippen molar-refractivity contribution >= 4 is 9.52 Å². The van der Waals surface area contributed by atoms with Crippen LogP contribution in [0.4, 0.5) is 0 Å². The molecule has 108 valence electrons. The van der Waals surface area contributed by atoms with Gasteiger partial charge in [0.05, 0.1) is 22.7 Å². The lowest BCUT2D eigenvalue weighted by Crippen LogP contribution is -2.25. The summed E-state index contributed by atoms with van der Waals surface area (Å²) < 4.78 is 10.8. The summed E-state index contributed by atoms with van der Waals surface area (Å²) in [5.74, 6) is 0.678. The van der Waals surface area contributed by atoms with Crippen molar-refractivity contribution < 1.29 is 9.47 Å². The maximum absolute atomic E-state index is 5.40. The summed E-state index contributed by atoms with van der Waals surface area (Å²) in [7, 11) is 0.746. The van der Waals surface area contributed by atoms with Gasteiger partial charge in [-0.05, 0) is 32.5 Å². The molecule has 0 aliphatic carbocycles. The minimum Gasteiger partial charge on any atom is -0.466 e. The van der Waals surface area contributed by atoms with Crippen molar-refractivity contribution in [3.63, 3.8) is 0 Å². The quantitative estimate of drug-likeness (QED) is 0.224. The van der Waals surface area contributed by atoms with Gasteiger partial charge in [-0.1, -0.05) is 18.2 Å². The summed E-state index contributed by atoms with van der Waals surface area (Å²) in [5, 5.41) is 0. The molecular formula is C15H27NO2Si. The molecule has 0 spiro atoms. The zero-order valence-electron chi connectivity index (χ0n) is 12.4. The number of hydrogen-bond acceptors (Lipinski definition) is 3. The monoisotopic (exact) mass is 281 g/mol. The van der Waals surface area contributed by atoms with Crippen molar-refractivity contribution in [2.24, 2.45) is 0 Å². The summed E-state index contributed by atoms with van der Waals surface area (Å²) in [6.45, 7) is 15.7. The van der Waals surface area contributed by atoms with Crippen molar-refractivity contribution in [3.05, 3.63) is 37.0 Å². The standard InChI is InChI=1S/C15H27NO2Si/c1-5-10-16(11-6-2)12-9-13-19-14-15(17-7-3)18-8-4/h5-6,14H,1-2,7-13H2,3-4H3. The maximum atomic E-state index is 5.40. The number of ether oxygens (including phenoxy) is 2. The molecule has 0 unspecified atom stereocenters. The van der Waals surface area contributed by atoms with E-state index in [4.69, 9.17) is 9.47 Å². The average Bonchev–Trinajstić information content (AvgIpc) is 2.39. The largest absolute Gasteiger partial charge is 0.466 e. The summed E-state index contributed by atoms with van der Waals surface area (Å²) in [5.41, 5.74) is 2.07. The van der Waals surface area contributed by atoms with E-state index >= 15 is 0 Å². The highest BCUT2D eigenvalue weighted by molar-refractivity contribution is 6.42. The molecule has 0 atom stereocenters. The van der Waals surface area contributed by atoms with Crippen molar-refractivity contribution in [3.8, 4) is 0 Å². The molecule has 0 saturated carbocycles. The van der Waals surface area contributed by atoms with Gasteiger partial charge in [-0.3, -0.25) is 4.90 Å². The lowest BCUT2D eigenvalue weighted by molar-refractivity contribution is 0.0475. The Labute approximate surface area is 120 Å². The predicted molar refractivity (Wildman–Crippen MR) is 83.3 cm³/mol. The van der Waals surface area contributed by atoms with Crippen molar-refractivity contribution in [1.82, 2.24) is 4.90 Å². The second-order valence-electron chi connectivity index (χ2n) is 3.97. The molecule has 0 saturated heterocycles. The van der Waals surface area contributed by atoms with Crippen molar-refractivity contribution in [2.45, 2.75) is 26.3 Å². The molecule has 0 aliphatic heterocycles. The van der Waals surface area contributed by atoms with Crippen LogP contribution in [0.5, 0.6) is 0 Å². The molecule has 3 nitrogen and oxygen atoms in total. The van der Waals surface area contributed by atoms with Crippen LogP contribution >= 0.6 is 0 Å². The van der Waals surface area contributed by atoms with E-state index in [2.05, 4.69) is 23.8 Å². The second-order valence-corrected chi connectivity index (χ2v) is 5.17. The van der Waals surface area contributed by atoms with Gasteiger partial charge in [0.2, 0.25) is 0 Å². The van der Waals surface area contributed by atoms with Gasteiger partial charge in [0.1, 0.15) is 0 Å². The maximum Gasteiger partial charge on any atom is 0.270 e. The third-order valence-electron chi connectivity index (χ3n) is 2.36. The number of rotatable bonds is 13. The zero-order chi connectivity index (χ0) is 14.3. The average molecular weight is 281 g/mol. The first-order chi connectivity index (χ1) is 9.28. The molecule has 0 bridgehead atoms. The Kier molecular flexibility index (Phi) is 12.7. The van der Waals surface area contributed by atoms with Gasteiger partial charge in [0.15, 0.2) is 0 Å². The fourth-order valence-corrected chi connectivity index (χ4v) is 2.43. The first-order valence-electron chi connectivity index (χ1n) is 6.91. The lowest BCUT2D eigenvalue weighted by Gasteiger charge is -2.18. The lowest BCUT2D eigenvalue weighted by atomic mass is 10.4. The second kappa shape index (κ2) is 13.4. The molecule has 0 aliphatic rings. The Bertz CT molecular complexity index is 249. The molecule has 0 aromatic carbocycles. The molecule has 0 heterocycles. The molecule has 0 aromatic heterocycles. The van der Waals surface area contributed by atoms with Crippen LogP contribution in [0.2, 0.25) is 6.04 Å². The van der Waals surface area contributed by atoms with E-state index in [0.29, 0.717) is 19.2 Å². The highest BCUT2D eigenvalue weighted by Crippen LogP contribution is 2.02. The first-order valence-corrected chi connectivity index (χ1v) is 8.20. The van der Waals surface area contributed by atoms with Crippen LogP contribution in [0, 0.1) is 0 Å². The Morgan fingerprint density at radius 1 is 1.11 bits per heavy atom. The number of nitrogens with zero attached hydrogens (tertiary/aromatic N) is 1. The number of hydrogen-bond donors (Lipinski definition) is 0. The minimum absolute atomic E-state index is 0.656. The molecule has 0 fully saturated rings. The van der Waals surface area contributed by atoms with Gasteiger partial charge < -0.3 is 9.47 Å². The van der Waals surface area contributed by atoms with E-state index in [0.717, 1.165) is 35.2 Å². The fourth-order valence-electron chi connectivity index (χ4n) is 1.59. The van der Waals surface area contributed by atoms with Crippen LogP contribution in [-0.4, -0.2) is 47.3 Å². The molecule has 0 amide bonds. The normalized spacial score (nSPS) is 10.1. The topological polar surface area (TPSA) is 21.7 Å². The minimum atomic E-state index is 0.656. The summed E-state index contributed by atoms with van der Waals surface area (Å²) in [6.07, 6.45) is 5.05. The van der Waals surface area contributed by atoms with Crippen LogP contribution in [0.1, 0.15) is 20.3 Å². The molecule has 19 heavy (non-hydrogen) atoms.